The van der Waals surface area contributed by atoms with Crippen LogP contribution in [0.5, 0.6) is 0 Å². The van der Waals surface area contributed by atoms with E-state index in [-0.39, 0.29) is 5.69 Å². The van der Waals surface area contributed by atoms with E-state index in [2.05, 4.69) is 26.5 Å². The first-order chi connectivity index (χ1) is 9.06. The summed E-state index contributed by atoms with van der Waals surface area (Å²) in [6, 6.07) is 10.9. The maximum atomic E-state index is 13.4. The third kappa shape index (κ3) is 3.61. The second-order valence-corrected chi connectivity index (χ2v) is 4.86. The Balaban J connectivity index is 2.18. The molecule has 98 valence electrons. The van der Waals surface area contributed by atoms with Gasteiger partial charge in [-0.05, 0) is 36.8 Å². The topological polar surface area (TPSA) is 24.4 Å². The summed E-state index contributed by atoms with van der Waals surface area (Å²) < 4.78 is 27.1. The van der Waals surface area contributed by atoms with E-state index >= 15 is 0 Å². The fourth-order valence-corrected chi connectivity index (χ4v) is 1.90. The van der Waals surface area contributed by atoms with Gasteiger partial charge in [0.2, 0.25) is 0 Å². The van der Waals surface area contributed by atoms with Gasteiger partial charge in [-0.15, -0.1) is 0 Å². The zero-order valence-electron chi connectivity index (χ0n) is 10.1. The SMILES string of the molecule is C/C(=N/Nc1ccc(F)cc1F)c1cccc(Br)c1. The van der Waals surface area contributed by atoms with Gasteiger partial charge in [-0.1, -0.05) is 28.1 Å². The average Bonchev–Trinajstić information content (AvgIpc) is 2.37. The lowest BCUT2D eigenvalue weighted by Gasteiger charge is -2.05. The Bertz CT molecular complexity index is 627. The maximum absolute atomic E-state index is 13.4. The summed E-state index contributed by atoms with van der Waals surface area (Å²) in [5, 5.41) is 4.08. The zero-order valence-corrected chi connectivity index (χ0v) is 11.7. The van der Waals surface area contributed by atoms with Crippen molar-refractivity contribution in [2.75, 3.05) is 5.43 Å². The van der Waals surface area contributed by atoms with Gasteiger partial charge in [0.05, 0.1) is 11.4 Å². The molecule has 0 spiro atoms. The van der Waals surface area contributed by atoms with Gasteiger partial charge in [0, 0.05) is 10.5 Å². The maximum Gasteiger partial charge on any atom is 0.151 e. The minimum Gasteiger partial charge on any atom is -0.275 e. The molecule has 0 aliphatic rings. The van der Waals surface area contributed by atoms with Crippen LogP contribution < -0.4 is 5.43 Å². The largest absolute Gasteiger partial charge is 0.275 e. The summed E-state index contributed by atoms with van der Waals surface area (Å²) in [4.78, 5) is 0. The van der Waals surface area contributed by atoms with Crippen molar-refractivity contribution in [3.8, 4) is 0 Å². The summed E-state index contributed by atoms with van der Waals surface area (Å²) in [7, 11) is 0. The van der Waals surface area contributed by atoms with Crippen LogP contribution in [0.1, 0.15) is 12.5 Å². The Kier molecular flexibility index (Phi) is 4.27. The number of benzene rings is 2. The normalized spacial score (nSPS) is 11.5. The van der Waals surface area contributed by atoms with E-state index < -0.39 is 11.6 Å². The van der Waals surface area contributed by atoms with Crippen molar-refractivity contribution in [3.05, 3.63) is 64.1 Å². The third-order valence-corrected chi connectivity index (χ3v) is 3.01. The van der Waals surface area contributed by atoms with Crippen molar-refractivity contribution < 1.29 is 8.78 Å². The first kappa shape index (κ1) is 13.7. The molecule has 0 unspecified atom stereocenters. The minimum atomic E-state index is -0.675. The van der Waals surface area contributed by atoms with Crippen molar-refractivity contribution in [1.29, 1.82) is 0 Å². The van der Waals surface area contributed by atoms with Crippen molar-refractivity contribution in [3.63, 3.8) is 0 Å². The predicted molar refractivity (Wildman–Crippen MR) is 76.3 cm³/mol. The molecule has 0 saturated heterocycles. The molecular weight excluding hydrogens is 314 g/mol. The molecule has 0 aliphatic carbocycles. The molecule has 5 heteroatoms. The molecule has 1 N–H and O–H groups in total. The quantitative estimate of drug-likeness (QED) is 0.649. The number of halogens is 3. The van der Waals surface area contributed by atoms with Gasteiger partial charge in [-0.25, -0.2) is 8.78 Å². The van der Waals surface area contributed by atoms with Crippen LogP contribution in [0.3, 0.4) is 0 Å². The summed E-state index contributed by atoms with van der Waals surface area (Å²) >= 11 is 3.37. The van der Waals surface area contributed by atoms with Gasteiger partial charge in [0.25, 0.3) is 0 Å². The molecule has 0 fully saturated rings. The van der Waals surface area contributed by atoms with Crippen LogP contribution in [0.25, 0.3) is 0 Å². The molecule has 0 bridgehead atoms. The second-order valence-electron chi connectivity index (χ2n) is 3.94. The molecule has 0 atom stereocenters. The minimum absolute atomic E-state index is 0.135. The van der Waals surface area contributed by atoms with Crippen molar-refractivity contribution >= 4 is 27.3 Å². The van der Waals surface area contributed by atoms with E-state index in [1.54, 1.807) is 6.92 Å². The fourth-order valence-electron chi connectivity index (χ4n) is 1.50. The lowest BCUT2D eigenvalue weighted by atomic mass is 10.1. The smallest absolute Gasteiger partial charge is 0.151 e. The number of hydrogen-bond donors (Lipinski definition) is 1. The number of rotatable bonds is 3. The van der Waals surface area contributed by atoms with E-state index in [9.17, 15) is 8.78 Å². The first-order valence-electron chi connectivity index (χ1n) is 5.57. The highest BCUT2D eigenvalue weighted by Gasteiger charge is 2.03. The number of hydrazone groups is 1. The lowest BCUT2D eigenvalue weighted by molar-refractivity contribution is 0.585. The Hall–Kier alpha value is -1.75. The van der Waals surface area contributed by atoms with Gasteiger partial charge < -0.3 is 0 Å². The van der Waals surface area contributed by atoms with Gasteiger partial charge in [0.15, 0.2) is 5.82 Å². The molecule has 0 radical (unpaired) electrons. The van der Waals surface area contributed by atoms with E-state index in [0.717, 1.165) is 16.1 Å². The summed E-state index contributed by atoms with van der Waals surface area (Å²) in [6.07, 6.45) is 0. The highest BCUT2D eigenvalue weighted by atomic mass is 79.9. The van der Waals surface area contributed by atoms with Crippen LogP contribution in [0.15, 0.2) is 52.0 Å². The van der Waals surface area contributed by atoms with Gasteiger partial charge >= 0.3 is 0 Å². The molecule has 0 saturated carbocycles. The zero-order chi connectivity index (χ0) is 13.8. The average molecular weight is 325 g/mol. The third-order valence-electron chi connectivity index (χ3n) is 2.52. The molecular formula is C14H11BrF2N2. The molecule has 2 aromatic carbocycles. The molecule has 2 rings (SSSR count). The van der Waals surface area contributed by atoms with Crippen molar-refractivity contribution in [2.24, 2.45) is 5.10 Å². The molecule has 0 aromatic heterocycles. The second kappa shape index (κ2) is 5.93. The molecule has 0 amide bonds. The highest BCUT2D eigenvalue weighted by molar-refractivity contribution is 9.10. The van der Waals surface area contributed by atoms with Gasteiger partial charge in [0.1, 0.15) is 5.82 Å². The van der Waals surface area contributed by atoms with Gasteiger partial charge in [-0.2, -0.15) is 5.10 Å². The number of nitrogens with one attached hydrogen (secondary N) is 1. The van der Waals surface area contributed by atoms with E-state index in [0.29, 0.717) is 5.71 Å². The van der Waals surface area contributed by atoms with Crippen molar-refractivity contribution in [2.45, 2.75) is 6.92 Å². The molecule has 0 aliphatic heterocycles. The van der Waals surface area contributed by atoms with Crippen LogP contribution in [0, 0.1) is 11.6 Å². The molecule has 2 nitrogen and oxygen atoms in total. The Morgan fingerprint density at radius 1 is 1.16 bits per heavy atom. The first-order valence-corrected chi connectivity index (χ1v) is 6.37. The number of anilines is 1. The Morgan fingerprint density at radius 2 is 1.95 bits per heavy atom. The molecule has 0 heterocycles. The predicted octanol–water partition coefficient (Wildman–Crippen LogP) is 4.56. The summed E-state index contributed by atoms with van der Waals surface area (Å²) in [5.74, 6) is -1.29. The standard InChI is InChI=1S/C14H11BrF2N2/c1-9(10-3-2-4-11(15)7-10)18-19-14-6-5-12(16)8-13(14)17/h2-8,19H,1H3/b18-9-. The molecule has 19 heavy (non-hydrogen) atoms. The number of nitrogens with zero attached hydrogens (tertiary/aromatic N) is 1. The van der Waals surface area contributed by atoms with E-state index in [1.165, 1.54) is 12.1 Å². The van der Waals surface area contributed by atoms with Crippen LogP contribution in [0.4, 0.5) is 14.5 Å². The number of hydrogen-bond acceptors (Lipinski definition) is 2. The summed E-state index contributed by atoms with van der Waals surface area (Å²) in [6.45, 7) is 1.80. The van der Waals surface area contributed by atoms with Crippen LogP contribution in [0.2, 0.25) is 0 Å². The van der Waals surface area contributed by atoms with Crippen LogP contribution >= 0.6 is 15.9 Å². The van der Waals surface area contributed by atoms with E-state index in [1.807, 2.05) is 24.3 Å². The Labute approximate surface area is 118 Å². The van der Waals surface area contributed by atoms with Crippen molar-refractivity contribution in [1.82, 2.24) is 0 Å². The lowest BCUT2D eigenvalue weighted by Crippen LogP contribution is -2.01. The van der Waals surface area contributed by atoms with E-state index in [4.69, 9.17) is 0 Å². The fraction of sp³-hybridized carbons (Fsp3) is 0.0714. The monoisotopic (exact) mass is 324 g/mol. The Morgan fingerprint density at radius 3 is 2.63 bits per heavy atom. The highest BCUT2D eigenvalue weighted by Crippen LogP contribution is 2.16. The molecule has 2 aromatic rings. The van der Waals surface area contributed by atoms with Gasteiger partial charge in [-0.3, -0.25) is 5.43 Å². The summed E-state index contributed by atoms with van der Waals surface area (Å²) in [5.41, 5.74) is 4.33. The van der Waals surface area contributed by atoms with Crippen LogP contribution in [-0.4, -0.2) is 5.71 Å². The van der Waals surface area contributed by atoms with Crippen LogP contribution in [-0.2, 0) is 0 Å².